The second-order valence-corrected chi connectivity index (χ2v) is 6.01. The molecule has 0 aliphatic carbocycles. The fourth-order valence-electron chi connectivity index (χ4n) is 2.87. The van der Waals surface area contributed by atoms with E-state index in [2.05, 4.69) is 4.98 Å². The van der Waals surface area contributed by atoms with Gasteiger partial charge in [-0.15, -0.1) is 0 Å². The van der Waals surface area contributed by atoms with Crippen molar-refractivity contribution in [3.05, 3.63) is 42.1 Å². The molecule has 0 bridgehead atoms. The molecule has 7 heteroatoms. The number of piperidine rings is 1. The number of carbonyl (C=O) groups excluding carboxylic acids is 1. The molecular weight excluding hydrogens is 328 g/mol. The van der Waals surface area contributed by atoms with Crippen LogP contribution < -0.4 is 10.5 Å². The number of nitrogens with two attached hydrogens (primary N) is 1. The van der Waals surface area contributed by atoms with Gasteiger partial charge in [0.05, 0.1) is 12.8 Å². The number of alkyl halides is 2. The second-order valence-electron chi connectivity index (χ2n) is 6.01. The number of nitrogen functional groups attached to an aromatic ring is 1. The van der Waals surface area contributed by atoms with E-state index in [9.17, 15) is 13.6 Å². The molecule has 1 aliphatic rings. The van der Waals surface area contributed by atoms with Crippen LogP contribution in [0.4, 0.5) is 14.5 Å². The van der Waals surface area contributed by atoms with Gasteiger partial charge in [-0.3, -0.25) is 9.78 Å². The van der Waals surface area contributed by atoms with Crippen LogP contribution in [0, 0.1) is 0 Å². The third-order valence-corrected chi connectivity index (χ3v) is 4.33. The van der Waals surface area contributed by atoms with Gasteiger partial charge in [0, 0.05) is 43.3 Å². The van der Waals surface area contributed by atoms with E-state index in [1.807, 2.05) is 0 Å². The van der Waals surface area contributed by atoms with E-state index in [4.69, 9.17) is 10.5 Å². The first-order valence-corrected chi connectivity index (χ1v) is 7.97. The minimum Gasteiger partial charge on any atom is -0.492 e. The maximum absolute atomic E-state index is 13.2. The maximum Gasteiger partial charge on any atom is 0.253 e. The van der Waals surface area contributed by atoms with E-state index >= 15 is 0 Å². The molecule has 1 saturated heterocycles. The van der Waals surface area contributed by atoms with Crippen molar-refractivity contribution in [2.45, 2.75) is 18.8 Å². The van der Waals surface area contributed by atoms with E-state index in [1.54, 1.807) is 36.5 Å². The number of likely N-dealkylation sites (tertiary alicyclic amines) is 1. The van der Waals surface area contributed by atoms with Crippen LogP contribution in [-0.2, 0) is 0 Å². The molecule has 1 amide bonds. The first-order valence-electron chi connectivity index (χ1n) is 7.97. The Balaban J connectivity index is 1.79. The summed E-state index contributed by atoms with van der Waals surface area (Å²) in [6.45, 7) is 0.135. The normalized spacial score (nSPS) is 16.5. The van der Waals surface area contributed by atoms with Gasteiger partial charge in [-0.2, -0.15) is 0 Å². The standard InChI is InChI=1S/C18H19F2N3O2/c1-25-16-14(21)6-9-22-15(16)12-2-4-13(5-3-12)17(24)23-10-7-18(19,20)8-11-23/h2-6,9H,7-8,10-11H2,1H3,(H2,21,22). The van der Waals surface area contributed by atoms with Crippen LogP contribution in [0.5, 0.6) is 5.75 Å². The Morgan fingerprint density at radius 2 is 1.84 bits per heavy atom. The molecule has 0 spiro atoms. The van der Waals surface area contributed by atoms with Crippen molar-refractivity contribution >= 4 is 11.6 Å². The molecule has 2 aromatic rings. The number of anilines is 1. The highest BCUT2D eigenvalue weighted by Gasteiger charge is 2.35. The van der Waals surface area contributed by atoms with Gasteiger partial charge >= 0.3 is 0 Å². The third-order valence-electron chi connectivity index (χ3n) is 4.33. The van der Waals surface area contributed by atoms with Gasteiger partial charge in [-0.05, 0) is 18.2 Å². The molecule has 5 nitrogen and oxygen atoms in total. The van der Waals surface area contributed by atoms with Crippen molar-refractivity contribution < 1.29 is 18.3 Å². The summed E-state index contributed by atoms with van der Waals surface area (Å²) < 4.78 is 31.7. The zero-order valence-electron chi connectivity index (χ0n) is 13.8. The number of hydrogen-bond acceptors (Lipinski definition) is 4. The van der Waals surface area contributed by atoms with Gasteiger partial charge in [0.25, 0.3) is 11.8 Å². The lowest BCUT2D eigenvalue weighted by Crippen LogP contribution is -2.42. The Kier molecular flexibility index (Phi) is 4.57. The van der Waals surface area contributed by atoms with Crippen molar-refractivity contribution in [3.63, 3.8) is 0 Å². The molecular formula is C18H19F2N3O2. The summed E-state index contributed by atoms with van der Waals surface area (Å²) in [6, 6.07) is 8.46. The molecule has 1 aromatic heterocycles. The fourth-order valence-corrected chi connectivity index (χ4v) is 2.87. The summed E-state index contributed by atoms with van der Waals surface area (Å²) in [4.78, 5) is 18.2. The number of hydrogen-bond donors (Lipinski definition) is 1. The monoisotopic (exact) mass is 347 g/mol. The van der Waals surface area contributed by atoms with Crippen molar-refractivity contribution in [1.82, 2.24) is 9.88 Å². The number of nitrogens with zero attached hydrogens (tertiary/aromatic N) is 2. The van der Waals surface area contributed by atoms with Crippen LogP contribution in [-0.4, -0.2) is 41.9 Å². The smallest absolute Gasteiger partial charge is 0.253 e. The SMILES string of the molecule is COc1c(N)ccnc1-c1ccc(C(=O)N2CCC(F)(F)CC2)cc1. The van der Waals surface area contributed by atoms with Gasteiger partial charge in [0.15, 0.2) is 5.75 Å². The topological polar surface area (TPSA) is 68.5 Å². The van der Waals surface area contributed by atoms with E-state index in [0.29, 0.717) is 22.7 Å². The van der Waals surface area contributed by atoms with Gasteiger partial charge in [0.2, 0.25) is 0 Å². The number of ether oxygens (including phenoxy) is 1. The first-order chi connectivity index (χ1) is 11.9. The van der Waals surface area contributed by atoms with Gasteiger partial charge in [0.1, 0.15) is 5.69 Å². The Labute approximate surface area is 144 Å². The number of aromatic nitrogens is 1. The first kappa shape index (κ1) is 17.1. The predicted octanol–water partition coefficient (Wildman–Crippen LogP) is 3.21. The summed E-state index contributed by atoms with van der Waals surface area (Å²) in [6.07, 6.45) is 1.00. The molecule has 2 heterocycles. The number of carbonyl (C=O) groups is 1. The third kappa shape index (κ3) is 3.55. The zero-order chi connectivity index (χ0) is 18.0. The average Bonchev–Trinajstić information content (AvgIpc) is 2.61. The van der Waals surface area contributed by atoms with Crippen molar-refractivity contribution in [2.75, 3.05) is 25.9 Å². The van der Waals surface area contributed by atoms with Crippen LogP contribution in [0.3, 0.4) is 0 Å². The molecule has 1 aromatic carbocycles. The highest BCUT2D eigenvalue weighted by atomic mass is 19.3. The number of amides is 1. The summed E-state index contributed by atoms with van der Waals surface area (Å²) in [5, 5.41) is 0. The summed E-state index contributed by atoms with van der Waals surface area (Å²) >= 11 is 0. The lowest BCUT2D eigenvalue weighted by atomic mass is 10.0. The molecule has 1 aliphatic heterocycles. The number of pyridine rings is 1. The number of methoxy groups -OCH3 is 1. The average molecular weight is 347 g/mol. The van der Waals surface area contributed by atoms with Crippen molar-refractivity contribution in [3.8, 4) is 17.0 Å². The van der Waals surface area contributed by atoms with Crippen LogP contribution in [0.1, 0.15) is 23.2 Å². The van der Waals surface area contributed by atoms with E-state index < -0.39 is 5.92 Å². The molecule has 1 fully saturated rings. The number of halogens is 2. The largest absolute Gasteiger partial charge is 0.492 e. The van der Waals surface area contributed by atoms with Crippen molar-refractivity contribution in [2.24, 2.45) is 0 Å². The lowest BCUT2D eigenvalue weighted by Gasteiger charge is -2.31. The second kappa shape index (κ2) is 6.66. The fraction of sp³-hybridized carbons (Fsp3) is 0.333. The Bertz CT molecular complexity index is 768. The van der Waals surface area contributed by atoms with Crippen molar-refractivity contribution in [1.29, 1.82) is 0 Å². The van der Waals surface area contributed by atoms with Gasteiger partial charge in [-0.1, -0.05) is 12.1 Å². The molecule has 0 unspecified atom stereocenters. The van der Waals surface area contributed by atoms with Crippen LogP contribution in [0.2, 0.25) is 0 Å². The highest BCUT2D eigenvalue weighted by molar-refractivity contribution is 5.95. The molecule has 0 radical (unpaired) electrons. The molecule has 132 valence electrons. The minimum absolute atomic E-state index is 0.0676. The molecule has 3 rings (SSSR count). The highest BCUT2D eigenvalue weighted by Crippen LogP contribution is 2.33. The predicted molar refractivity (Wildman–Crippen MR) is 90.7 cm³/mol. The van der Waals surface area contributed by atoms with Crippen LogP contribution in [0.15, 0.2) is 36.5 Å². The number of benzene rings is 1. The number of rotatable bonds is 3. The minimum atomic E-state index is -2.67. The molecule has 0 saturated carbocycles. The van der Waals surface area contributed by atoms with Gasteiger partial charge < -0.3 is 15.4 Å². The summed E-state index contributed by atoms with van der Waals surface area (Å²) in [5.41, 5.74) is 8.15. The molecule has 2 N–H and O–H groups in total. The lowest BCUT2D eigenvalue weighted by molar-refractivity contribution is -0.0494. The summed E-state index contributed by atoms with van der Waals surface area (Å²) in [7, 11) is 1.51. The Morgan fingerprint density at radius 3 is 2.44 bits per heavy atom. The van der Waals surface area contributed by atoms with E-state index in [-0.39, 0.29) is 31.8 Å². The van der Waals surface area contributed by atoms with E-state index in [1.165, 1.54) is 12.0 Å². The maximum atomic E-state index is 13.2. The summed E-state index contributed by atoms with van der Waals surface area (Å²) in [5.74, 6) is -2.44. The zero-order valence-corrected chi connectivity index (χ0v) is 13.8. The van der Waals surface area contributed by atoms with E-state index in [0.717, 1.165) is 5.56 Å². The Morgan fingerprint density at radius 1 is 1.20 bits per heavy atom. The quantitative estimate of drug-likeness (QED) is 0.926. The molecule has 0 atom stereocenters. The Hall–Kier alpha value is -2.70. The molecule has 25 heavy (non-hydrogen) atoms. The van der Waals surface area contributed by atoms with Gasteiger partial charge in [-0.25, -0.2) is 8.78 Å². The van der Waals surface area contributed by atoms with Crippen LogP contribution >= 0.6 is 0 Å². The van der Waals surface area contributed by atoms with Crippen LogP contribution in [0.25, 0.3) is 11.3 Å².